The first kappa shape index (κ1) is 24.3. The lowest BCUT2D eigenvalue weighted by Crippen LogP contribution is -2.73. The molecule has 0 bridgehead atoms. The number of hydrogen-bond donors (Lipinski definition) is 4. The predicted molar refractivity (Wildman–Crippen MR) is 134 cm³/mol. The van der Waals surface area contributed by atoms with Crippen molar-refractivity contribution >= 4 is 39.1 Å². The van der Waals surface area contributed by atoms with Crippen LogP contribution in [-0.4, -0.2) is 86.8 Å². The number of nitrogens with zero attached hydrogens (tertiary/aromatic N) is 4. The average Bonchev–Trinajstić information content (AvgIpc) is 2.77. The van der Waals surface area contributed by atoms with Crippen LogP contribution < -0.4 is 26.6 Å². The minimum atomic E-state index is -3.33. The van der Waals surface area contributed by atoms with E-state index in [1.807, 2.05) is 9.80 Å². The number of benzene rings is 1. The van der Waals surface area contributed by atoms with Crippen molar-refractivity contribution in [3.05, 3.63) is 36.2 Å². The monoisotopic (exact) mass is 514 g/mol. The number of nitrogens with two attached hydrogens (primary N) is 1. The molecular weight excluding hydrogens is 484 g/mol. The average molecular weight is 515 g/mol. The molecule has 12 nitrogen and oxygen atoms in total. The topological polar surface area (TPSA) is 163 Å². The molecule has 3 aliphatic heterocycles. The van der Waals surface area contributed by atoms with Crippen LogP contribution in [0.1, 0.15) is 23.3 Å². The van der Waals surface area contributed by atoms with Crippen molar-refractivity contribution in [3.63, 3.8) is 0 Å². The number of piperidine rings is 1. The van der Waals surface area contributed by atoms with Crippen LogP contribution in [0.4, 0.5) is 22.1 Å². The zero-order valence-corrected chi connectivity index (χ0v) is 20.8. The Bertz CT molecular complexity index is 1270. The number of nitrogens with one attached hydrogen (secondary N) is 3. The SMILES string of the molecule is CS(=O)(=O)c1ccc(Nc2nc(N3CCCC(NC(=O)N4CC5(CNC5)C4)C3)cnc2C(N)=O)cc1. The van der Waals surface area contributed by atoms with Crippen molar-refractivity contribution in [2.24, 2.45) is 11.1 Å². The molecule has 1 aromatic carbocycles. The number of primary amides is 1. The Morgan fingerprint density at radius 2 is 1.92 bits per heavy atom. The van der Waals surface area contributed by atoms with E-state index in [-0.39, 0.29) is 33.9 Å². The number of carbonyl (C=O) groups is 2. The van der Waals surface area contributed by atoms with Gasteiger partial charge in [-0.1, -0.05) is 0 Å². The Morgan fingerprint density at radius 3 is 2.53 bits per heavy atom. The molecule has 1 aromatic heterocycles. The molecule has 192 valence electrons. The van der Waals surface area contributed by atoms with E-state index in [0.717, 1.165) is 51.8 Å². The zero-order chi connectivity index (χ0) is 25.5. The summed E-state index contributed by atoms with van der Waals surface area (Å²) in [5, 5.41) is 9.44. The molecule has 4 heterocycles. The van der Waals surface area contributed by atoms with Crippen molar-refractivity contribution < 1.29 is 18.0 Å². The molecule has 1 atom stereocenters. The van der Waals surface area contributed by atoms with Crippen LogP contribution in [0.2, 0.25) is 0 Å². The second-order valence-corrected chi connectivity index (χ2v) is 11.9. The summed E-state index contributed by atoms with van der Waals surface area (Å²) in [6.07, 6.45) is 4.38. The van der Waals surface area contributed by atoms with Crippen molar-refractivity contribution in [2.45, 2.75) is 23.8 Å². The summed E-state index contributed by atoms with van der Waals surface area (Å²) in [4.78, 5) is 37.5. The third kappa shape index (κ3) is 4.93. The fourth-order valence-electron chi connectivity index (χ4n) is 4.90. The van der Waals surface area contributed by atoms with Crippen LogP contribution in [0, 0.1) is 5.41 Å². The Balaban J connectivity index is 1.27. The third-order valence-corrected chi connectivity index (χ3v) is 8.08. The van der Waals surface area contributed by atoms with E-state index in [1.165, 1.54) is 18.3 Å². The highest BCUT2D eigenvalue weighted by Gasteiger charge is 2.49. The molecule has 5 rings (SSSR count). The van der Waals surface area contributed by atoms with Gasteiger partial charge in [0.05, 0.1) is 11.1 Å². The summed E-state index contributed by atoms with van der Waals surface area (Å²) >= 11 is 0. The quantitative estimate of drug-likeness (QED) is 0.425. The maximum absolute atomic E-state index is 12.7. The van der Waals surface area contributed by atoms with E-state index in [9.17, 15) is 18.0 Å². The van der Waals surface area contributed by atoms with E-state index < -0.39 is 15.7 Å². The molecule has 13 heteroatoms. The van der Waals surface area contributed by atoms with E-state index in [4.69, 9.17) is 5.73 Å². The molecule has 3 aliphatic rings. The van der Waals surface area contributed by atoms with E-state index in [2.05, 4.69) is 25.9 Å². The Hall–Kier alpha value is -3.45. The van der Waals surface area contributed by atoms with Gasteiger partial charge in [-0.05, 0) is 37.1 Å². The van der Waals surface area contributed by atoms with Crippen molar-refractivity contribution in [2.75, 3.05) is 55.7 Å². The molecule has 2 aromatic rings. The van der Waals surface area contributed by atoms with Gasteiger partial charge in [-0.25, -0.2) is 23.2 Å². The largest absolute Gasteiger partial charge is 0.364 e. The Labute approximate surface area is 209 Å². The van der Waals surface area contributed by atoms with Crippen LogP contribution >= 0.6 is 0 Å². The summed E-state index contributed by atoms with van der Waals surface area (Å²) in [6, 6.07) is 6.05. The van der Waals surface area contributed by atoms with Crippen LogP contribution in [0.5, 0.6) is 0 Å². The summed E-state index contributed by atoms with van der Waals surface area (Å²) < 4.78 is 23.4. The first-order chi connectivity index (χ1) is 17.1. The Kier molecular flexibility index (Phi) is 6.20. The normalized spacial score (nSPS) is 20.9. The van der Waals surface area contributed by atoms with Gasteiger partial charge in [0.1, 0.15) is 5.82 Å². The molecule has 3 amide bonds. The van der Waals surface area contributed by atoms with Gasteiger partial charge in [0.15, 0.2) is 21.3 Å². The molecule has 3 fully saturated rings. The maximum Gasteiger partial charge on any atom is 0.317 e. The Morgan fingerprint density at radius 1 is 1.19 bits per heavy atom. The first-order valence-electron chi connectivity index (χ1n) is 11.9. The maximum atomic E-state index is 12.7. The number of anilines is 3. The number of rotatable bonds is 6. The molecule has 5 N–H and O–H groups in total. The fraction of sp³-hybridized carbons (Fsp3) is 0.478. The van der Waals surface area contributed by atoms with Gasteiger partial charge in [-0.3, -0.25) is 4.79 Å². The summed E-state index contributed by atoms with van der Waals surface area (Å²) in [7, 11) is -3.33. The summed E-state index contributed by atoms with van der Waals surface area (Å²) in [6.45, 7) is 4.85. The highest BCUT2D eigenvalue weighted by Crippen LogP contribution is 2.34. The van der Waals surface area contributed by atoms with E-state index in [0.29, 0.717) is 18.1 Å². The fourth-order valence-corrected chi connectivity index (χ4v) is 5.53. The van der Waals surface area contributed by atoms with Gasteiger partial charge < -0.3 is 31.5 Å². The third-order valence-electron chi connectivity index (χ3n) is 6.95. The van der Waals surface area contributed by atoms with Gasteiger partial charge in [-0.15, -0.1) is 0 Å². The smallest absolute Gasteiger partial charge is 0.317 e. The molecule has 0 saturated carbocycles. The lowest BCUT2D eigenvalue weighted by Gasteiger charge is -2.56. The molecule has 1 spiro atoms. The van der Waals surface area contributed by atoms with Crippen LogP contribution in [0.25, 0.3) is 0 Å². The minimum Gasteiger partial charge on any atom is -0.364 e. The van der Waals surface area contributed by atoms with Crippen LogP contribution in [0.15, 0.2) is 35.4 Å². The number of sulfone groups is 1. The highest BCUT2D eigenvalue weighted by atomic mass is 32.2. The summed E-state index contributed by atoms with van der Waals surface area (Å²) in [5.74, 6) is -0.00188. The number of likely N-dealkylation sites (tertiary alicyclic amines) is 1. The predicted octanol–water partition coefficient (Wildman–Crippen LogP) is 0.306. The lowest BCUT2D eigenvalue weighted by atomic mass is 9.75. The standard InChI is InChI=1S/C23H30N8O4S/c1-36(34,35)17-6-4-15(5-7-17)27-21-19(20(24)32)26-9-18(29-21)30-8-2-3-16(10-30)28-22(33)31-13-23(14-31)11-25-12-23/h4-7,9,16,25H,2-3,8,10-14H2,1H3,(H2,24,32)(H,27,29)(H,28,33). The van der Waals surface area contributed by atoms with Gasteiger partial charge in [0.25, 0.3) is 5.91 Å². The van der Waals surface area contributed by atoms with Crippen LogP contribution in [-0.2, 0) is 9.84 Å². The molecular formula is C23H30N8O4S. The van der Waals surface area contributed by atoms with E-state index >= 15 is 0 Å². The first-order valence-corrected chi connectivity index (χ1v) is 13.8. The lowest BCUT2D eigenvalue weighted by molar-refractivity contribution is -0.0118. The van der Waals surface area contributed by atoms with Crippen molar-refractivity contribution in [3.8, 4) is 0 Å². The second kappa shape index (κ2) is 9.21. The van der Waals surface area contributed by atoms with Gasteiger partial charge in [0.2, 0.25) is 0 Å². The molecule has 0 radical (unpaired) electrons. The van der Waals surface area contributed by atoms with Gasteiger partial charge in [-0.2, -0.15) is 0 Å². The summed E-state index contributed by atoms with van der Waals surface area (Å²) in [5.41, 5.74) is 6.30. The number of aromatic nitrogens is 2. The molecule has 36 heavy (non-hydrogen) atoms. The molecule has 0 aliphatic carbocycles. The number of amides is 3. The van der Waals surface area contributed by atoms with Crippen LogP contribution in [0.3, 0.4) is 0 Å². The number of urea groups is 1. The molecule has 3 saturated heterocycles. The molecule has 1 unspecified atom stereocenters. The second-order valence-electron chi connectivity index (χ2n) is 9.91. The highest BCUT2D eigenvalue weighted by molar-refractivity contribution is 7.90. The van der Waals surface area contributed by atoms with Gasteiger partial charge in [0, 0.05) is 62.7 Å². The van der Waals surface area contributed by atoms with Crippen molar-refractivity contribution in [1.82, 2.24) is 25.5 Å². The van der Waals surface area contributed by atoms with Gasteiger partial charge >= 0.3 is 6.03 Å². The van der Waals surface area contributed by atoms with Crippen molar-refractivity contribution in [1.29, 1.82) is 0 Å². The number of carbonyl (C=O) groups excluding carboxylic acids is 2. The zero-order valence-electron chi connectivity index (χ0n) is 20.0. The number of hydrogen-bond acceptors (Lipinski definition) is 9. The van der Waals surface area contributed by atoms with E-state index in [1.54, 1.807) is 12.1 Å². The minimum absolute atomic E-state index is 0.0231.